The van der Waals surface area contributed by atoms with Crippen LogP contribution in [0.3, 0.4) is 0 Å². The average Bonchev–Trinajstić information content (AvgIpc) is 2.78. The van der Waals surface area contributed by atoms with E-state index >= 15 is 4.39 Å². The number of fused-ring (bicyclic) bond motifs is 2. The molecule has 168 valence electrons. The minimum Gasteiger partial charge on any atom is -0.486 e. The van der Waals surface area contributed by atoms with Crippen LogP contribution in [0.4, 0.5) is 8.78 Å². The van der Waals surface area contributed by atoms with Crippen LogP contribution in [0.5, 0.6) is 5.75 Å². The van der Waals surface area contributed by atoms with Gasteiger partial charge >= 0.3 is 0 Å². The second-order valence-electron chi connectivity index (χ2n) is 9.71. The summed E-state index contributed by atoms with van der Waals surface area (Å²) < 4.78 is 35.4. The van der Waals surface area contributed by atoms with Gasteiger partial charge in [-0.05, 0) is 85.8 Å². The molecule has 2 unspecified atom stereocenters. The fourth-order valence-electron chi connectivity index (χ4n) is 6.00. The van der Waals surface area contributed by atoms with Gasteiger partial charge in [-0.25, -0.2) is 8.78 Å². The molecule has 0 bridgehead atoms. The summed E-state index contributed by atoms with van der Waals surface area (Å²) in [6.45, 7) is 4.44. The van der Waals surface area contributed by atoms with Gasteiger partial charge < -0.3 is 4.74 Å². The van der Waals surface area contributed by atoms with Crippen molar-refractivity contribution in [3.8, 4) is 5.75 Å². The number of halogens is 2. The van der Waals surface area contributed by atoms with Gasteiger partial charge in [0.1, 0.15) is 12.4 Å². The third-order valence-corrected chi connectivity index (χ3v) is 7.72. The molecule has 4 rings (SSSR count). The van der Waals surface area contributed by atoms with E-state index < -0.39 is 11.6 Å². The van der Waals surface area contributed by atoms with Crippen molar-refractivity contribution in [2.24, 2.45) is 17.8 Å². The summed E-state index contributed by atoms with van der Waals surface area (Å²) in [4.78, 5) is 0. The van der Waals surface area contributed by atoms with Crippen LogP contribution < -0.4 is 4.74 Å². The molecule has 0 spiro atoms. The van der Waals surface area contributed by atoms with Crippen molar-refractivity contribution >= 4 is 10.8 Å². The Labute approximate surface area is 185 Å². The average molecular weight is 427 g/mol. The maximum absolute atomic E-state index is 15.0. The first-order chi connectivity index (χ1) is 15.1. The molecule has 3 heteroatoms. The van der Waals surface area contributed by atoms with Gasteiger partial charge in [0, 0.05) is 0 Å². The Hall–Kier alpha value is -1.90. The van der Waals surface area contributed by atoms with Crippen LogP contribution in [-0.4, -0.2) is 6.61 Å². The van der Waals surface area contributed by atoms with E-state index in [1.54, 1.807) is 24.3 Å². The van der Waals surface area contributed by atoms with Crippen LogP contribution in [0.15, 0.2) is 36.4 Å². The zero-order valence-electron chi connectivity index (χ0n) is 19.0. The van der Waals surface area contributed by atoms with E-state index in [9.17, 15) is 4.39 Å². The molecule has 2 aliphatic carbocycles. The molecule has 4 atom stereocenters. The lowest BCUT2D eigenvalue weighted by Gasteiger charge is -2.42. The minimum atomic E-state index is -0.597. The lowest BCUT2D eigenvalue weighted by atomic mass is 9.63. The second kappa shape index (κ2) is 10.1. The van der Waals surface area contributed by atoms with E-state index in [0.29, 0.717) is 11.3 Å². The van der Waals surface area contributed by atoms with E-state index in [2.05, 4.69) is 6.92 Å². The lowest BCUT2D eigenvalue weighted by molar-refractivity contribution is 0.113. The second-order valence-corrected chi connectivity index (χ2v) is 9.71. The van der Waals surface area contributed by atoms with Crippen LogP contribution in [0, 0.1) is 29.4 Å². The fourth-order valence-corrected chi connectivity index (χ4v) is 6.00. The molecular formula is C28H36F2O. The molecular weight excluding hydrogens is 390 g/mol. The first-order valence-electron chi connectivity index (χ1n) is 12.3. The lowest BCUT2D eigenvalue weighted by Crippen LogP contribution is -2.30. The number of hydrogen-bond donors (Lipinski definition) is 0. The molecule has 0 N–H and O–H groups in total. The van der Waals surface area contributed by atoms with Crippen molar-refractivity contribution in [3.05, 3.63) is 53.6 Å². The highest BCUT2D eigenvalue weighted by molar-refractivity contribution is 5.86. The zero-order chi connectivity index (χ0) is 21.8. The molecule has 2 aromatic rings. The summed E-state index contributed by atoms with van der Waals surface area (Å²) in [6.07, 6.45) is 15.3. The zero-order valence-corrected chi connectivity index (χ0v) is 19.0. The van der Waals surface area contributed by atoms with Gasteiger partial charge in [0.25, 0.3) is 0 Å². The largest absolute Gasteiger partial charge is 0.486 e. The Morgan fingerprint density at radius 2 is 1.84 bits per heavy atom. The topological polar surface area (TPSA) is 9.23 Å². The smallest absolute Gasteiger partial charge is 0.175 e. The number of hydrogen-bond acceptors (Lipinski definition) is 1. The van der Waals surface area contributed by atoms with Crippen molar-refractivity contribution in [3.63, 3.8) is 0 Å². The van der Waals surface area contributed by atoms with Crippen molar-refractivity contribution in [1.82, 2.24) is 0 Å². The van der Waals surface area contributed by atoms with Gasteiger partial charge in [0.15, 0.2) is 11.6 Å². The van der Waals surface area contributed by atoms with Crippen molar-refractivity contribution in [2.45, 2.75) is 77.6 Å². The predicted octanol–water partition coefficient (Wildman–Crippen LogP) is 8.56. The highest BCUT2D eigenvalue weighted by Crippen LogP contribution is 2.49. The third kappa shape index (κ3) is 4.96. The van der Waals surface area contributed by atoms with Crippen molar-refractivity contribution in [1.29, 1.82) is 0 Å². The molecule has 0 heterocycles. The Morgan fingerprint density at radius 1 is 1.03 bits per heavy atom. The molecule has 0 aliphatic heterocycles. The molecule has 2 aromatic carbocycles. The van der Waals surface area contributed by atoms with Crippen molar-refractivity contribution < 1.29 is 13.5 Å². The van der Waals surface area contributed by atoms with Crippen LogP contribution in [0.1, 0.15) is 83.1 Å². The van der Waals surface area contributed by atoms with Gasteiger partial charge in [-0.2, -0.15) is 0 Å². The minimum absolute atomic E-state index is 0.0480. The van der Waals surface area contributed by atoms with E-state index in [1.807, 2.05) is 19.1 Å². The van der Waals surface area contributed by atoms with E-state index in [0.717, 1.165) is 36.2 Å². The van der Waals surface area contributed by atoms with Gasteiger partial charge in [0.05, 0.1) is 5.39 Å². The van der Waals surface area contributed by atoms with E-state index in [-0.39, 0.29) is 17.7 Å². The number of benzene rings is 2. The molecule has 0 radical (unpaired) electrons. The number of allylic oxidation sites excluding steroid dienone is 1. The third-order valence-electron chi connectivity index (χ3n) is 7.72. The van der Waals surface area contributed by atoms with Gasteiger partial charge in [-0.15, -0.1) is 0 Å². The van der Waals surface area contributed by atoms with Crippen LogP contribution in [0.2, 0.25) is 0 Å². The SMILES string of the molecule is C/C=C/COc1ccc2cc([C@@H]3CC[C@@H]4CC(CCCC)CCC4C3)cc(F)c2c1F. The van der Waals surface area contributed by atoms with E-state index in [1.165, 1.54) is 44.9 Å². The highest BCUT2D eigenvalue weighted by atomic mass is 19.1. The maximum atomic E-state index is 15.0. The standard InChI is InChI=1S/C28H36F2O/c1-3-5-7-19-8-9-21-16-22(11-10-20(21)15-19)24-17-23-12-13-26(31-14-6-4-2)28(30)27(23)25(29)18-24/h4,6,12-13,17-22H,3,5,7-11,14-16H2,1-2H3/b6-4+/t19?,20-,21?,22-/m1/s1. The summed E-state index contributed by atoms with van der Waals surface area (Å²) in [7, 11) is 0. The summed E-state index contributed by atoms with van der Waals surface area (Å²) in [5.74, 6) is 1.98. The Morgan fingerprint density at radius 3 is 2.65 bits per heavy atom. The summed E-state index contributed by atoms with van der Waals surface area (Å²) in [6, 6.07) is 7.01. The van der Waals surface area contributed by atoms with Gasteiger partial charge in [-0.3, -0.25) is 0 Å². The Kier molecular flexibility index (Phi) is 7.30. The normalized spacial score (nSPS) is 26.3. The maximum Gasteiger partial charge on any atom is 0.175 e. The summed E-state index contributed by atoms with van der Waals surface area (Å²) in [5.41, 5.74) is 1.04. The summed E-state index contributed by atoms with van der Waals surface area (Å²) in [5, 5.41) is 0.683. The molecule has 0 amide bonds. The first kappa shape index (κ1) is 22.3. The molecule has 2 saturated carbocycles. The first-order valence-corrected chi connectivity index (χ1v) is 12.3. The van der Waals surface area contributed by atoms with E-state index in [4.69, 9.17) is 4.74 Å². The van der Waals surface area contributed by atoms with Crippen LogP contribution in [0.25, 0.3) is 10.8 Å². The van der Waals surface area contributed by atoms with Crippen LogP contribution in [-0.2, 0) is 0 Å². The van der Waals surface area contributed by atoms with Gasteiger partial charge in [0.2, 0.25) is 0 Å². The molecule has 0 aromatic heterocycles. The highest BCUT2D eigenvalue weighted by Gasteiger charge is 2.36. The molecule has 2 aliphatic rings. The van der Waals surface area contributed by atoms with Gasteiger partial charge in [-0.1, -0.05) is 56.9 Å². The Balaban J connectivity index is 1.49. The fraction of sp³-hybridized carbons (Fsp3) is 0.571. The number of ether oxygens (including phenoxy) is 1. The van der Waals surface area contributed by atoms with Crippen molar-refractivity contribution in [2.75, 3.05) is 6.61 Å². The predicted molar refractivity (Wildman–Crippen MR) is 125 cm³/mol. The number of rotatable bonds is 7. The Bertz CT molecular complexity index is 919. The molecule has 2 fully saturated rings. The molecule has 0 saturated heterocycles. The van der Waals surface area contributed by atoms with Crippen LogP contribution >= 0.6 is 0 Å². The quantitative estimate of drug-likeness (QED) is 0.403. The monoisotopic (exact) mass is 426 g/mol. The summed E-state index contributed by atoms with van der Waals surface area (Å²) >= 11 is 0. The molecule has 31 heavy (non-hydrogen) atoms. The number of unbranched alkanes of at least 4 members (excludes halogenated alkanes) is 1. The molecule has 1 nitrogen and oxygen atoms in total.